The molecule has 0 aliphatic carbocycles. The predicted molar refractivity (Wildman–Crippen MR) is 96.1 cm³/mol. The minimum absolute atomic E-state index is 0.127. The van der Waals surface area contributed by atoms with E-state index in [0.717, 1.165) is 33.2 Å². The summed E-state index contributed by atoms with van der Waals surface area (Å²) in [5.41, 5.74) is 4.44. The Labute approximate surface area is 134 Å². The lowest BCUT2D eigenvalue weighted by molar-refractivity contribution is 0.569. The zero-order chi connectivity index (χ0) is 16.4. The zero-order valence-corrected chi connectivity index (χ0v) is 13.8. The number of hydrogen-bond acceptors (Lipinski definition) is 3. The van der Waals surface area contributed by atoms with Crippen LogP contribution >= 0.6 is 0 Å². The molecule has 2 aromatic carbocycles. The number of allylic oxidation sites excluding steroid dienone is 1. The third kappa shape index (κ3) is 2.07. The molecule has 0 saturated heterocycles. The number of anilines is 1. The van der Waals surface area contributed by atoms with Crippen LogP contribution in [0.4, 0.5) is 5.69 Å². The summed E-state index contributed by atoms with van der Waals surface area (Å²) in [6.07, 6.45) is 2.16. The van der Waals surface area contributed by atoms with Gasteiger partial charge >= 0.3 is 5.63 Å². The number of rotatable bonds is 0. The average Bonchev–Trinajstić information content (AvgIpc) is 2.46. The first kappa shape index (κ1) is 14.1. The molecular formula is C20H19NO2. The van der Waals surface area contributed by atoms with Crippen molar-refractivity contribution in [2.24, 2.45) is 0 Å². The highest BCUT2D eigenvalue weighted by Crippen LogP contribution is 2.39. The maximum Gasteiger partial charge on any atom is 0.344 e. The van der Waals surface area contributed by atoms with E-state index in [1.165, 1.54) is 0 Å². The zero-order valence-electron chi connectivity index (χ0n) is 13.8. The van der Waals surface area contributed by atoms with E-state index in [4.69, 9.17) is 4.42 Å². The minimum Gasteiger partial charge on any atom is -0.422 e. The minimum atomic E-state index is -0.276. The fourth-order valence-electron chi connectivity index (χ4n) is 3.64. The van der Waals surface area contributed by atoms with Gasteiger partial charge in [0.05, 0.1) is 10.9 Å². The molecule has 0 radical (unpaired) electrons. The first-order chi connectivity index (χ1) is 10.9. The second kappa shape index (κ2) is 4.48. The maximum atomic E-state index is 12.6. The fourth-order valence-corrected chi connectivity index (χ4v) is 3.64. The second-order valence-electron chi connectivity index (χ2n) is 6.97. The smallest absolute Gasteiger partial charge is 0.344 e. The topological polar surface area (TPSA) is 42.2 Å². The number of nitrogens with one attached hydrogen (secondary N) is 1. The summed E-state index contributed by atoms with van der Waals surface area (Å²) >= 11 is 0. The molecule has 1 N–H and O–H groups in total. The number of aryl methyl sites for hydroxylation is 1. The molecule has 0 unspecified atom stereocenters. The van der Waals surface area contributed by atoms with E-state index in [-0.39, 0.29) is 11.2 Å². The van der Waals surface area contributed by atoms with Gasteiger partial charge in [-0.1, -0.05) is 23.8 Å². The molecular weight excluding hydrogens is 286 g/mol. The van der Waals surface area contributed by atoms with Crippen molar-refractivity contribution in [2.75, 3.05) is 5.32 Å². The van der Waals surface area contributed by atoms with Crippen LogP contribution in [0.3, 0.4) is 0 Å². The summed E-state index contributed by atoms with van der Waals surface area (Å²) < 4.78 is 5.59. The highest BCUT2D eigenvalue weighted by atomic mass is 16.4. The molecule has 4 rings (SSSR count). The van der Waals surface area contributed by atoms with E-state index in [1.54, 1.807) is 0 Å². The highest BCUT2D eigenvalue weighted by Gasteiger charge is 2.25. The van der Waals surface area contributed by atoms with E-state index in [0.29, 0.717) is 11.0 Å². The Morgan fingerprint density at radius 3 is 2.61 bits per heavy atom. The van der Waals surface area contributed by atoms with Gasteiger partial charge in [0.15, 0.2) is 0 Å². The van der Waals surface area contributed by atoms with Gasteiger partial charge in [0.2, 0.25) is 0 Å². The van der Waals surface area contributed by atoms with Crippen molar-refractivity contribution in [1.82, 2.24) is 0 Å². The van der Waals surface area contributed by atoms with Crippen molar-refractivity contribution < 1.29 is 4.42 Å². The van der Waals surface area contributed by atoms with Crippen molar-refractivity contribution in [3.8, 4) is 0 Å². The Bertz CT molecular complexity index is 1050. The molecule has 1 aliphatic rings. The van der Waals surface area contributed by atoms with Crippen LogP contribution in [0, 0.1) is 6.92 Å². The summed E-state index contributed by atoms with van der Waals surface area (Å²) in [5, 5.41) is 6.09. The van der Waals surface area contributed by atoms with Gasteiger partial charge in [0.1, 0.15) is 5.58 Å². The Morgan fingerprint density at radius 1 is 1.04 bits per heavy atom. The molecule has 3 aromatic rings. The summed E-state index contributed by atoms with van der Waals surface area (Å²) in [7, 11) is 0. The first-order valence-electron chi connectivity index (χ1n) is 7.84. The highest BCUT2D eigenvalue weighted by molar-refractivity contribution is 6.10. The lowest BCUT2D eigenvalue weighted by Crippen LogP contribution is -2.31. The van der Waals surface area contributed by atoms with Crippen molar-refractivity contribution in [3.63, 3.8) is 0 Å². The number of fused-ring (bicyclic) bond motifs is 5. The van der Waals surface area contributed by atoms with Gasteiger partial charge < -0.3 is 9.73 Å². The molecule has 0 atom stereocenters. The van der Waals surface area contributed by atoms with Crippen molar-refractivity contribution >= 4 is 33.0 Å². The van der Waals surface area contributed by atoms with E-state index < -0.39 is 0 Å². The summed E-state index contributed by atoms with van der Waals surface area (Å²) in [4.78, 5) is 12.6. The van der Waals surface area contributed by atoms with Gasteiger partial charge in [-0.2, -0.15) is 0 Å². The first-order valence-corrected chi connectivity index (χ1v) is 7.84. The van der Waals surface area contributed by atoms with Crippen molar-refractivity contribution in [2.45, 2.75) is 33.2 Å². The van der Waals surface area contributed by atoms with Gasteiger partial charge in [0, 0.05) is 22.0 Å². The third-order valence-electron chi connectivity index (χ3n) is 4.47. The largest absolute Gasteiger partial charge is 0.422 e. The molecule has 1 aromatic heterocycles. The Balaban J connectivity index is 2.20. The van der Waals surface area contributed by atoms with Crippen molar-refractivity contribution in [3.05, 3.63) is 58.0 Å². The summed E-state index contributed by atoms with van der Waals surface area (Å²) in [5.74, 6) is 0. The van der Waals surface area contributed by atoms with E-state index in [9.17, 15) is 4.79 Å². The van der Waals surface area contributed by atoms with E-state index in [1.807, 2.05) is 25.1 Å². The van der Waals surface area contributed by atoms with Crippen LogP contribution < -0.4 is 10.9 Å². The van der Waals surface area contributed by atoms with E-state index in [2.05, 4.69) is 44.3 Å². The molecule has 2 heterocycles. The number of hydrogen-bond donors (Lipinski definition) is 1. The van der Waals surface area contributed by atoms with Gasteiger partial charge in [-0.25, -0.2) is 4.79 Å². The molecule has 23 heavy (non-hydrogen) atoms. The Kier molecular flexibility index (Phi) is 2.74. The lowest BCUT2D eigenvalue weighted by Gasteiger charge is -2.31. The van der Waals surface area contributed by atoms with Crippen LogP contribution in [0.1, 0.15) is 31.9 Å². The van der Waals surface area contributed by atoms with Gasteiger partial charge in [-0.05, 0) is 51.5 Å². The van der Waals surface area contributed by atoms with E-state index >= 15 is 0 Å². The predicted octanol–water partition coefficient (Wildman–Crippen LogP) is 4.86. The lowest BCUT2D eigenvalue weighted by atomic mass is 9.88. The number of benzene rings is 2. The van der Waals surface area contributed by atoms with Crippen LogP contribution in [0.15, 0.2) is 45.6 Å². The summed E-state index contributed by atoms with van der Waals surface area (Å²) in [6.45, 7) is 8.34. The monoisotopic (exact) mass is 305 g/mol. The molecule has 0 fully saturated rings. The van der Waals surface area contributed by atoms with Gasteiger partial charge in [0.25, 0.3) is 0 Å². The Morgan fingerprint density at radius 2 is 1.83 bits per heavy atom. The van der Waals surface area contributed by atoms with Crippen molar-refractivity contribution in [1.29, 1.82) is 0 Å². The molecule has 0 saturated carbocycles. The average molecular weight is 305 g/mol. The van der Waals surface area contributed by atoms with Crippen LogP contribution in [0.25, 0.3) is 27.3 Å². The Hall–Kier alpha value is -2.55. The van der Waals surface area contributed by atoms with Gasteiger partial charge in [-0.15, -0.1) is 0 Å². The quantitative estimate of drug-likeness (QED) is 0.476. The SMILES string of the molecule is CC1=CC(C)(C)Nc2ccc3c(c21)c(=O)oc1ccc(C)cc13. The third-order valence-corrected chi connectivity index (χ3v) is 4.47. The maximum absolute atomic E-state index is 12.6. The fraction of sp³-hybridized carbons (Fsp3) is 0.250. The normalized spacial score (nSPS) is 16.1. The van der Waals surface area contributed by atoms with Crippen LogP contribution in [0.2, 0.25) is 0 Å². The second-order valence-corrected chi connectivity index (χ2v) is 6.97. The van der Waals surface area contributed by atoms with Crippen LogP contribution in [-0.4, -0.2) is 5.54 Å². The molecule has 0 amide bonds. The van der Waals surface area contributed by atoms with Crippen LogP contribution in [-0.2, 0) is 0 Å². The molecule has 3 nitrogen and oxygen atoms in total. The van der Waals surface area contributed by atoms with Gasteiger partial charge in [-0.3, -0.25) is 0 Å². The molecule has 1 aliphatic heterocycles. The molecule has 116 valence electrons. The van der Waals surface area contributed by atoms with Crippen LogP contribution in [0.5, 0.6) is 0 Å². The molecule has 0 bridgehead atoms. The summed E-state index contributed by atoms with van der Waals surface area (Å²) in [6, 6.07) is 10.00. The molecule has 3 heteroatoms. The molecule has 0 spiro atoms. The standard InChI is InChI=1S/C20H19NO2/c1-11-5-8-16-14(9-11)13-6-7-15-17(18(13)19(22)23-16)12(2)10-20(3,4)21-15/h5-10,21H,1-4H3.